The minimum atomic E-state index is -1.77. The Morgan fingerprint density at radius 3 is 2.26 bits per heavy atom. The number of hydroxylamine groups is 1. The summed E-state index contributed by atoms with van der Waals surface area (Å²) in [5.74, 6) is 9.88. The first-order valence-corrected chi connectivity index (χ1v) is 34.3. The number of nitrogens with one attached hydrogen (secondary N) is 1. The van der Waals surface area contributed by atoms with Crippen LogP contribution in [0.5, 0.6) is 17.2 Å². The third kappa shape index (κ3) is 14.9. The number of Topliss-reactive ketones (excluding diaryl/α,β-unsaturated/α-hetero) is 2. The predicted molar refractivity (Wildman–Crippen MR) is 339 cm³/mol. The summed E-state index contributed by atoms with van der Waals surface area (Å²) in [6, 6.07) is -1.58. The van der Waals surface area contributed by atoms with Crippen molar-refractivity contribution in [1.82, 2.24) is 10.4 Å². The third-order valence-electron chi connectivity index (χ3n) is 17.7. The maximum absolute atomic E-state index is 14.5. The number of aliphatic hydroxyl groups is 5. The second-order valence-electron chi connectivity index (χ2n) is 23.8. The highest BCUT2D eigenvalue weighted by atomic mass is 127. The van der Waals surface area contributed by atoms with Crippen molar-refractivity contribution in [3.05, 3.63) is 38.0 Å². The SMILES string of the molecule is CCN(CC(=O)O)[C@H]1CO[C@@H](O[C@H]2[C@H](O[C@H]3C#C/C=C(/C)C#CC45C(CC(C)=O)C(=O)C[C@]4(O)/C(=C/CSSC(C)C)C35)O[C@H](C)[C@@H](NO[C@H]3C[C@H](O)[C@H](SC(=O)c4c(C)c(I)c(O[C@@H]5O[C@@H](C)[C@H](O)[C@@H](OC)[C@H]5O)c(OC)c4OC)[C@@H](C)O3)[C@@H]2O)C[C@@H]1OC. The number of aliphatic carboxylic acids is 1. The molecule has 3 aliphatic carbocycles. The molecule has 0 bridgehead atoms. The molecule has 0 amide bonds. The standard InChI is InChI=1S/C62H85IN2O22S3/c1-14-65(26-42(69)70)37-27-80-43(24-41(37)76-10)85-55-50(72)48(32(7)82-60(55)84-40-17-15-16-29(4)18-20-61-36(22-30(5)66)39(68)25-62(61,75)35(46(40)61)19-21-88-90-28(2)3)64-87-44-23-38(67)57(34(9)81-44)89-58(74)45-31(6)47(63)53(56(79-13)52(45)77-11)86-59-51(73)54(78-12)49(71)33(8)83-59/h16,19,28,32-34,36-38,40-41,43-44,46,48-51,54-55,57,59-60,64,67,71-73,75H,14,21-27H2,1-13H3,(H,69,70)/b29-16-,35-19+/t32-,33+,34-,36?,37+,38+,40+,41+,43+,44+,46?,48-,49+,50+,51-,54-,55-,57-,59+,60+,61?,62+/m1/s1. The Morgan fingerprint density at radius 2 is 1.62 bits per heavy atom. The van der Waals surface area contributed by atoms with Gasteiger partial charge in [0.2, 0.25) is 17.2 Å². The van der Waals surface area contributed by atoms with Gasteiger partial charge in [-0.2, -0.15) is 5.48 Å². The van der Waals surface area contributed by atoms with Crippen molar-refractivity contribution in [2.45, 2.75) is 208 Å². The molecule has 22 atom stereocenters. The number of benzene rings is 1. The summed E-state index contributed by atoms with van der Waals surface area (Å²) >= 11 is 2.82. The number of nitrogens with zero attached hydrogens (tertiary/aromatic N) is 1. The normalized spacial score (nSPS) is 38.4. The maximum Gasteiger partial charge on any atom is 0.317 e. The monoisotopic (exact) mass is 1430 g/mol. The molecular weight excluding hydrogens is 1350 g/mol. The smallest absolute Gasteiger partial charge is 0.317 e. The van der Waals surface area contributed by atoms with Crippen LogP contribution in [-0.4, -0.2) is 233 Å². The van der Waals surface area contributed by atoms with Crippen LogP contribution in [0.2, 0.25) is 0 Å². The van der Waals surface area contributed by atoms with E-state index in [0.717, 1.165) is 11.8 Å². The van der Waals surface area contributed by atoms with Crippen LogP contribution in [0.3, 0.4) is 0 Å². The van der Waals surface area contributed by atoms with Crippen molar-refractivity contribution >= 4 is 78.6 Å². The molecule has 24 nitrogen and oxygen atoms in total. The van der Waals surface area contributed by atoms with Crippen LogP contribution in [0, 0.1) is 51.4 Å². The topological polar surface area (TPSA) is 316 Å². The first-order valence-electron chi connectivity index (χ1n) is 30.0. The van der Waals surface area contributed by atoms with Crippen LogP contribution in [0.15, 0.2) is 23.3 Å². The predicted octanol–water partition coefficient (Wildman–Crippen LogP) is 4.12. The van der Waals surface area contributed by atoms with Gasteiger partial charge in [-0.15, -0.1) is 0 Å². The van der Waals surface area contributed by atoms with Crippen molar-refractivity contribution in [1.29, 1.82) is 0 Å². The Hall–Kier alpha value is -3.16. The Kier molecular flexibility index (Phi) is 25.1. The Balaban J connectivity index is 1.04. The lowest BCUT2D eigenvalue weighted by Crippen LogP contribution is -2.69. The number of methoxy groups -OCH3 is 4. The summed E-state index contributed by atoms with van der Waals surface area (Å²) in [6.07, 6.45) is -14.0. The van der Waals surface area contributed by atoms with E-state index in [1.54, 1.807) is 67.2 Å². The largest absolute Gasteiger partial charge is 0.492 e. The van der Waals surface area contributed by atoms with Crippen molar-refractivity contribution in [2.24, 2.45) is 17.3 Å². The molecule has 4 saturated heterocycles. The van der Waals surface area contributed by atoms with Crippen LogP contribution in [0.25, 0.3) is 0 Å². The van der Waals surface area contributed by atoms with Crippen LogP contribution in [0.1, 0.15) is 97.0 Å². The molecule has 7 aliphatic rings. The fourth-order valence-electron chi connectivity index (χ4n) is 13.2. The second kappa shape index (κ2) is 31.1. The fourth-order valence-corrected chi connectivity index (χ4v) is 16.8. The number of ketones is 2. The van der Waals surface area contributed by atoms with E-state index in [-0.39, 0.29) is 73.2 Å². The van der Waals surface area contributed by atoms with Crippen LogP contribution >= 0.6 is 55.9 Å². The number of thioether (sulfide) groups is 1. The van der Waals surface area contributed by atoms with Crippen molar-refractivity contribution in [2.75, 3.05) is 53.9 Å². The van der Waals surface area contributed by atoms with Gasteiger partial charge in [0.25, 0.3) is 0 Å². The van der Waals surface area contributed by atoms with Gasteiger partial charge in [-0.1, -0.05) is 83.9 Å². The first-order chi connectivity index (χ1) is 42.7. The van der Waals surface area contributed by atoms with Crippen molar-refractivity contribution < 1.29 is 107 Å². The molecule has 1 spiro atoms. The zero-order valence-corrected chi connectivity index (χ0v) is 57.3. The highest BCUT2D eigenvalue weighted by Crippen LogP contribution is 2.70. The molecule has 90 heavy (non-hydrogen) atoms. The van der Waals surface area contributed by atoms with E-state index >= 15 is 0 Å². The number of ether oxygens (including phenoxy) is 11. The van der Waals surface area contributed by atoms with E-state index < -0.39 is 144 Å². The molecule has 0 radical (unpaired) electrons. The zero-order chi connectivity index (χ0) is 65.8. The molecule has 2 saturated carbocycles. The molecule has 28 heteroatoms. The van der Waals surface area contributed by atoms with E-state index in [9.17, 15) is 49.8 Å². The summed E-state index contributed by atoms with van der Waals surface area (Å²) < 4.78 is 68.4. The number of hydrogen-bond donors (Lipinski definition) is 7. The number of carboxylic acids is 1. The van der Waals surface area contributed by atoms with Gasteiger partial charge in [0.15, 0.2) is 30.4 Å². The van der Waals surface area contributed by atoms with Crippen LogP contribution in [0.4, 0.5) is 0 Å². The average molecular weight is 1430 g/mol. The zero-order valence-electron chi connectivity index (χ0n) is 52.7. The Labute approximate surface area is 551 Å². The molecule has 7 N–H and O–H groups in total. The second-order valence-corrected chi connectivity index (χ2v) is 29.1. The highest BCUT2D eigenvalue weighted by Gasteiger charge is 2.78. The summed E-state index contributed by atoms with van der Waals surface area (Å²) in [6.45, 7) is 15.9. The van der Waals surface area contributed by atoms with E-state index in [2.05, 4.69) is 43.0 Å². The molecule has 8 rings (SSSR count). The van der Waals surface area contributed by atoms with Crippen LogP contribution in [-0.2, 0) is 57.1 Å². The summed E-state index contributed by atoms with van der Waals surface area (Å²) in [4.78, 5) is 61.5. The quantitative estimate of drug-likeness (QED) is 0.0181. The van der Waals surface area contributed by atoms with E-state index in [4.69, 9.17) is 56.9 Å². The van der Waals surface area contributed by atoms with Crippen molar-refractivity contribution in [3.63, 3.8) is 0 Å². The Morgan fingerprint density at radius 1 is 0.911 bits per heavy atom. The maximum atomic E-state index is 14.5. The van der Waals surface area contributed by atoms with Gasteiger partial charge in [-0.3, -0.25) is 24.1 Å². The number of likely N-dealkylation sites (N-methyl/N-ethyl adjacent to an activating group) is 1. The van der Waals surface area contributed by atoms with Gasteiger partial charge >= 0.3 is 5.97 Å². The minimum absolute atomic E-state index is 0.00802. The molecule has 6 fully saturated rings. The van der Waals surface area contributed by atoms with Gasteiger partial charge in [0, 0.05) is 68.3 Å². The molecule has 500 valence electrons. The van der Waals surface area contributed by atoms with E-state index in [0.29, 0.717) is 37.8 Å². The molecule has 4 heterocycles. The van der Waals surface area contributed by atoms with Gasteiger partial charge in [0.1, 0.15) is 53.8 Å². The molecule has 4 aliphatic heterocycles. The van der Waals surface area contributed by atoms with Crippen molar-refractivity contribution in [3.8, 4) is 40.9 Å². The summed E-state index contributed by atoms with van der Waals surface area (Å²) in [7, 11) is 8.80. The van der Waals surface area contributed by atoms with Crippen LogP contribution < -0.4 is 19.7 Å². The summed E-state index contributed by atoms with van der Waals surface area (Å²) in [5, 5.41) is 67.8. The number of carbonyl (C=O) groups is 4. The Bertz CT molecular complexity index is 2960. The number of hydrogen-bond acceptors (Lipinski definition) is 26. The minimum Gasteiger partial charge on any atom is -0.492 e. The van der Waals surface area contributed by atoms with Gasteiger partial charge < -0.3 is 87.5 Å². The number of carbonyl (C=O) groups excluding carboxylic acids is 3. The summed E-state index contributed by atoms with van der Waals surface area (Å²) in [5.41, 5.74) is 1.23. The lowest BCUT2D eigenvalue weighted by molar-refractivity contribution is -0.344. The highest BCUT2D eigenvalue weighted by molar-refractivity contribution is 14.1. The molecule has 1 aromatic rings. The first kappa shape index (κ1) is 72.7. The molecule has 0 aromatic heterocycles. The van der Waals surface area contributed by atoms with E-state index in [1.807, 2.05) is 35.6 Å². The van der Waals surface area contributed by atoms with Gasteiger partial charge in [-0.25, -0.2) is 0 Å². The third-order valence-corrected chi connectivity index (χ3v) is 23.1. The van der Waals surface area contributed by atoms with E-state index in [1.165, 1.54) is 35.4 Å². The fraction of sp³-hybridized carbons (Fsp3) is 0.710. The lowest BCUT2D eigenvalue weighted by Gasteiger charge is -2.60. The number of halogens is 1. The number of carboxylic acid groups (broad SMARTS) is 1. The van der Waals surface area contributed by atoms with Gasteiger partial charge in [0.05, 0.1) is 89.8 Å². The average Bonchev–Trinajstić information content (AvgIpc) is 1.43. The number of aliphatic hydroxyl groups excluding tert-OH is 4. The molecular formula is C62H85IN2O22S3. The molecule has 3 unspecified atom stereocenters. The molecule has 1 aromatic carbocycles. The number of allylic oxidation sites excluding steroid dienone is 2. The van der Waals surface area contributed by atoms with Gasteiger partial charge in [-0.05, 0) is 87.9 Å². The number of rotatable bonds is 25. The lowest BCUT2D eigenvalue weighted by atomic mass is 9.44.